The number of nitrogens with one attached hydrogen (secondary N) is 1. The Morgan fingerprint density at radius 1 is 1.19 bits per heavy atom. The van der Waals surface area contributed by atoms with Gasteiger partial charge in [0.15, 0.2) is 0 Å². The highest BCUT2D eigenvalue weighted by Crippen LogP contribution is 2.34. The van der Waals surface area contributed by atoms with E-state index in [1.165, 1.54) is 12.8 Å². The van der Waals surface area contributed by atoms with Gasteiger partial charge in [-0.1, -0.05) is 6.92 Å². The van der Waals surface area contributed by atoms with E-state index in [-0.39, 0.29) is 24.3 Å². The summed E-state index contributed by atoms with van der Waals surface area (Å²) < 4.78 is 0. The van der Waals surface area contributed by atoms with Gasteiger partial charge in [-0.3, -0.25) is 4.79 Å². The van der Waals surface area contributed by atoms with Crippen LogP contribution in [0.2, 0.25) is 0 Å². The molecule has 2 saturated carbocycles. The predicted octanol–water partition coefficient (Wildman–Crippen LogP) is 1.70. The Kier molecular flexibility index (Phi) is 3.85. The molecule has 2 aliphatic carbocycles. The molecule has 0 spiro atoms. The molecule has 2 fully saturated rings. The van der Waals surface area contributed by atoms with Crippen LogP contribution in [0, 0.1) is 17.8 Å². The lowest BCUT2D eigenvalue weighted by Crippen LogP contribution is -2.46. The number of carbonyl (C=O) groups is 1. The van der Waals surface area contributed by atoms with Gasteiger partial charge in [0.1, 0.15) is 0 Å². The Morgan fingerprint density at radius 2 is 1.88 bits per heavy atom. The SMILES string of the molecule is C[C@H]1CC[C@H](NC(=O)[C@@H]2CC[C@H]2CO)CC1. The second-order valence-electron chi connectivity index (χ2n) is 5.59. The molecular formula is C13H23NO2. The van der Waals surface area contributed by atoms with Crippen molar-refractivity contribution < 1.29 is 9.90 Å². The lowest BCUT2D eigenvalue weighted by atomic mass is 9.73. The van der Waals surface area contributed by atoms with Crippen molar-refractivity contribution in [2.75, 3.05) is 6.61 Å². The number of aliphatic hydroxyl groups excluding tert-OH is 1. The maximum absolute atomic E-state index is 11.9. The first kappa shape index (κ1) is 11.9. The quantitative estimate of drug-likeness (QED) is 0.768. The Balaban J connectivity index is 1.75. The van der Waals surface area contributed by atoms with Gasteiger partial charge < -0.3 is 10.4 Å². The number of hydrogen-bond donors (Lipinski definition) is 2. The lowest BCUT2D eigenvalue weighted by Gasteiger charge is -2.36. The first-order valence-electron chi connectivity index (χ1n) is 6.62. The molecule has 3 nitrogen and oxygen atoms in total. The van der Waals surface area contributed by atoms with Gasteiger partial charge >= 0.3 is 0 Å². The minimum absolute atomic E-state index is 0.0874. The van der Waals surface area contributed by atoms with E-state index in [4.69, 9.17) is 5.11 Å². The van der Waals surface area contributed by atoms with E-state index in [1.54, 1.807) is 0 Å². The van der Waals surface area contributed by atoms with Crippen LogP contribution in [0.4, 0.5) is 0 Å². The number of aliphatic hydroxyl groups is 1. The summed E-state index contributed by atoms with van der Waals surface area (Å²) in [6.07, 6.45) is 6.70. The van der Waals surface area contributed by atoms with Crippen LogP contribution >= 0.6 is 0 Å². The molecule has 92 valence electrons. The van der Waals surface area contributed by atoms with Gasteiger partial charge in [-0.25, -0.2) is 0 Å². The van der Waals surface area contributed by atoms with Gasteiger partial charge in [0.25, 0.3) is 0 Å². The summed E-state index contributed by atoms with van der Waals surface area (Å²) in [6.45, 7) is 2.45. The molecule has 1 amide bonds. The third kappa shape index (κ3) is 2.57. The minimum atomic E-state index is 0.0874. The normalized spacial score (nSPS) is 38.9. The predicted molar refractivity (Wildman–Crippen MR) is 62.9 cm³/mol. The second kappa shape index (κ2) is 5.17. The van der Waals surface area contributed by atoms with Crippen molar-refractivity contribution in [3.63, 3.8) is 0 Å². The fourth-order valence-corrected chi connectivity index (χ4v) is 2.85. The van der Waals surface area contributed by atoms with Crippen LogP contribution in [0.25, 0.3) is 0 Å². The summed E-state index contributed by atoms with van der Waals surface area (Å²) in [5, 5.41) is 12.2. The fourth-order valence-electron chi connectivity index (χ4n) is 2.85. The standard InChI is InChI=1S/C13H23NO2/c1-9-2-5-11(6-3-9)14-13(16)12-7-4-10(12)8-15/h9-12,15H,2-8H2,1H3,(H,14,16)/t9-,10-,11-,12+/m0/s1. The average Bonchev–Trinajstić information content (AvgIpc) is 2.20. The topological polar surface area (TPSA) is 49.3 Å². The Morgan fingerprint density at radius 3 is 2.38 bits per heavy atom. The first-order chi connectivity index (χ1) is 7.70. The van der Waals surface area contributed by atoms with Crippen molar-refractivity contribution in [3.8, 4) is 0 Å². The molecule has 0 aromatic heterocycles. The van der Waals surface area contributed by atoms with Gasteiger partial charge in [-0.05, 0) is 50.4 Å². The molecule has 2 rings (SSSR count). The van der Waals surface area contributed by atoms with Gasteiger partial charge in [0.2, 0.25) is 5.91 Å². The van der Waals surface area contributed by atoms with Crippen molar-refractivity contribution in [3.05, 3.63) is 0 Å². The number of amides is 1. The highest BCUT2D eigenvalue weighted by molar-refractivity contribution is 5.80. The highest BCUT2D eigenvalue weighted by Gasteiger charge is 2.36. The van der Waals surface area contributed by atoms with E-state index in [2.05, 4.69) is 12.2 Å². The van der Waals surface area contributed by atoms with Crippen LogP contribution in [0.15, 0.2) is 0 Å². The summed E-state index contributed by atoms with van der Waals surface area (Å²) >= 11 is 0. The van der Waals surface area contributed by atoms with Crippen molar-refractivity contribution in [1.82, 2.24) is 5.32 Å². The summed E-state index contributed by atoms with van der Waals surface area (Å²) in [5.41, 5.74) is 0. The minimum Gasteiger partial charge on any atom is -0.396 e. The van der Waals surface area contributed by atoms with E-state index in [0.717, 1.165) is 31.6 Å². The van der Waals surface area contributed by atoms with Crippen LogP contribution in [0.3, 0.4) is 0 Å². The number of rotatable bonds is 3. The number of hydrogen-bond acceptors (Lipinski definition) is 2. The van der Waals surface area contributed by atoms with Crippen LogP contribution in [0.1, 0.15) is 45.4 Å². The molecule has 2 aliphatic rings. The van der Waals surface area contributed by atoms with Crippen LogP contribution in [0.5, 0.6) is 0 Å². The molecular weight excluding hydrogens is 202 g/mol. The maximum Gasteiger partial charge on any atom is 0.223 e. The molecule has 16 heavy (non-hydrogen) atoms. The lowest BCUT2D eigenvalue weighted by molar-refractivity contribution is -0.132. The zero-order valence-electron chi connectivity index (χ0n) is 10.1. The van der Waals surface area contributed by atoms with Gasteiger partial charge in [-0.15, -0.1) is 0 Å². The van der Waals surface area contributed by atoms with Crippen molar-refractivity contribution in [2.24, 2.45) is 17.8 Å². The molecule has 0 unspecified atom stereocenters. The van der Waals surface area contributed by atoms with Crippen LogP contribution in [-0.4, -0.2) is 23.7 Å². The maximum atomic E-state index is 11.9. The molecule has 2 atom stereocenters. The van der Waals surface area contributed by atoms with E-state index >= 15 is 0 Å². The molecule has 0 aromatic rings. The summed E-state index contributed by atoms with van der Waals surface area (Å²) in [6, 6.07) is 0.392. The van der Waals surface area contributed by atoms with Crippen LogP contribution < -0.4 is 5.32 Å². The van der Waals surface area contributed by atoms with E-state index < -0.39 is 0 Å². The monoisotopic (exact) mass is 225 g/mol. The molecule has 0 heterocycles. The molecule has 0 bridgehead atoms. The molecule has 2 N–H and O–H groups in total. The third-order valence-corrected chi connectivity index (χ3v) is 4.35. The van der Waals surface area contributed by atoms with Crippen molar-refractivity contribution in [1.29, 1.82) is 0 Å². The summed E-state index contributed by atoms with van der Waals surface area (Å²) in [7, 11) is 0. The summed E-state index contributed by atoms with van der Waals surface area (Å²) in [4.78, 5) is 11.9. The largest absolute Gasteiger partial charge is 0.396 e. The first-order valence-corrected chi connectivity index (χ1v) is 6.62. The van der Waals surface area contributed by atoms with Gasteiger partial charge in [0.05, 0.1) is 0 Å². The molecule has 0 radical (unpaired) electrons. The zero-order valence-corrected chi connectivity index (χ0v) is 10.1. The molecule has 0 aromatic carbocycles. The smallest absolute Gasteiger partial charge is 0.223 e. The van der Waals surface area contributed by atoms with Gasteiger partial charge in [0, 0.05) is 18.6 Å². The van der Waals surface area contributed by atoms with Crippen LogP contribution in [-0.2, 0) is 4.79 Å². The molecule has 3 heteroatoms. The van der Waals surface area contributed by atoms with E-state index in [0.29, 0.717) is 6.04 Å². The summed E-state index contributed by atoms with van der Waals surface area (Å²) in [5.74, 6) is 1.32. The Labute approximate surface area is 97.6 Å². The highest BCUT2D eigenvalue weighted by atomic mass is 16.3. The number of carbonyl (C=O) groups excluding carboxylic acids is 1. The van der Waals surface area contributed by atoms with E-state index in [9.17, 15) is 4.79 Å². The van der Waals surface area contributed by atoms with E-state index in [1.807, 2.05) is 0 Å². The second-order valence-corrected chi connectivity index (χ2v) is 5.59. The van der Waals surface area contributed by atoms with Crippen molar-refractivity contribution >= 4 is 5.91 Å². The average molecular weight is 225 g/mol. The van der Waals surface area contributed by atoms with Gasteiger partial charge in [-0.2, -0.15) is 0 Å². The molecule has 0 saturated heterocycles. The molecule has 0 aliphatic heterocycles. The zero-order chi connectivity index (χ0) is 11.5. The van der Waals surface area contributed by atoms with Crippen molar-refractivity contribution in [2.45, 2.75) is 51.5 Å². The Bertz CT molecular complexity index is 244. The fraction of sp³-hybridized carbons (Fsp3) is 0.923. The third-order valence-electron chi connectivity index (χ3n) is 4.35. The Hall–Kier alpha value is -0.570.